The molecular weight excluding hydrogens is 307 g/mol. The van der Waals surface area contributed by atoms with Crippen LogP contribution in [0.4, 0.5) is 4.39 Å². The lowest BCUT2D eigenvalue weighted by atomic mass is 10.2. The molecule has 0 aliphatic carbocycles. The molecule has 3 rings (SSSR count). The molecule has 1 saturated heterocycles. The zero-order chi connectivity index (χ0) is 14.7. The lowest BCUT2D eigenvalue weighted by Crippen LogP contribution is -2.23. The van der Waals surface area contributed by atoms with E-state index in [9.17, 15) is 4.39 Å². The Labute approximate surface area is 132 Å². The Morgan fingerprint density at radius 3 is 2.71 bits per heavy atom. The Balaban J connectivity index is 1.60. The molecule has 1 fully saturated rings. The number of rotatable bonds is 3. The Bertz CT molecular complexity index is 621. The highest BCUT2D eigenvalue weighted by atomic mass is 32.2. The second kappa shape index (κ2) is 6.58. The lowest BCUT2D eigenvalue weighted by molar-refractivity contribution is 0.528. The smallest absolute Gasteiger partial charge is 0.205 e. The van der Waals surface area contributed by atoms with Crippen molar-refractivity contribution in [1.82, 2.24) is 9.88 Å². The molecular formula is C15H15FN2OS2. The molecule has 6 heteroatoms. The van der Waals surface area contributed by atoms with Crippen molar-refractivity contribution in [2.45, 2.75) is 18.6 Å². The molecule has 1 aromatic carbocycles. The average Bonchev–Trinajstić information content (AvgIpc) is 3.17. The summed E-state index contributed by atoms with van der Waals surface area (Å²) in [4.78, 5) is 6.48. The molecule has 0 saturated carbocycles. The maximum Gasteiger partial charge on any atom is 0.205 e. The number of halogens is 1. The number of thioether (sulfide) groups is 1. The normalized spacial score (nSPS) is 14.6. The molecule has 3 nitrogen and oxygen atoms in total. The summed E-state index contributed by atoms with van der Waals surface area (Å²) < 4.78 is 19.5. The summed E-state index contributed by atoms with van der Waals surface area (Å²) in [7, 11) is 0. The van der Waals surface area contributed by atoms with Crippen molar-refractivity contribution in [3.63, 3.8) is 0 Å². The standard InChI is InChI=1S/C15H15FN2OS2/c16-12-5-3-11(4-6-12)13-9-17-14(19-13)10-21-15(20)18-7-1-2-8-18/h3-6,9H,1-2,7-8,10H2. The van der Waals surface area contributed by atoms with E-state index in [4.69, 9.17) is 16.6 Å². The largest absolute Gasteiger partial charge is 0.440 e. The molecule has 0 atom stereocenters. The van der Waals surface area contributed by atoms with E-state index in [1.807, 2.05) is 0 Å². The average molecular weight is 322 g/mol. The van der Waals surface area contributed by atoms with Gasteiger partial charge in [0.25, 0.3) is 0 Å². The zero-order valence-electron chi connectivity index (χ0n) is 11.4. The number of hydrogen-bond acceptors (Lipinski definition) is 4. The number of oxazole rings is 1. The van der Waals surface area contributed by atoms with Gasteiger partial charge in [-0.05, 0) is 37.1 Å². The number of nitrogens with zero attached hydrogens (tertiary/aromatic N) is 2. The SMILES string of the molecule is Fc1ccc(-c2cnc(CSC(=S)N3CCCC3)o2)cc1. The first-order chi connectivity index (χ1) is 10.2. The third-order valence-electron chi connectivity index (χ3n) is 3.37. The maximum atomic E-state index is 12.9. The van der Waals surface area contributed by atoms with Crippen molar-refractivity contribution in [2.75, 3.05) is 13.1 Å². The van der Waals surface area contributed by atoms with E-state index in [0.29, 0.717) is 17.4 Å². The molecule has 0 radical (unpaired) electrons. The molecule has 2 aromatic rings. The summed E-state index contributed by atoms with van der Waals surface area (Å²) in [5, 5.41) is 0. The van der Waals surface area contributed by atoms with Crippen LogP contribution in [0.1, 0.15) is 18.7 Å². The minimum Gasteiger partial charge on any atom is -0.440 e. The first kappa shape index (κ1) is 14.5. The van der Waals surface area contributed by atoms with Crippen molar-refractivity contribution in [1.29, 1.82) is 0 Å². The van der Waals surface area contributed by atoms with Gasteiger partial charge in [0.2, 0.25) is 5.89 Å². The van der Waals surface area contributed by atoms with Gasteiger partial charge in [0.1, 0.15) is 10.1 Å². The molecule has 0 bridgehead atoms. The van der Waals surface area contributed by atoms with Crippen LogP contribution < -0.4 is 0 Å². The molecule has 2 heterocycles. The van der Waals surface area contributed by atoms with E-state index in [0.717, 1.165) is 23.0 Å². The lowest BCUT2D eigenvalue weighted by Gasteiger charge is -2.16. The Kier molecular flexibility index (Phi) is 4.55. The van der Waals surface area contributed by atoms with Crippen molar-refractivity contribution in [3.05, 3.63) is 42.2 Å². The summed E-state index contributed by atoms with van der Waals surface area (Å²) in [5.74, 6) is 1.65. The molecule has 1 aliphatic heterocycles. The van der Waals surface area contributed by atoms with Crippen LogP contribution in [0.25, 0.3) is 11.3 Å². The second-order valence-electron chi connectivity index (χ2n) is 4.87. The third kappa shape index (κ3) is 3.63. The fourth-order valence-corrected chi connectivity index (χ4v) is 3.34. The first-order valence-corrected chi connectivity index (χ1v) is 8.24. The monoisotopic (exact) mass is 322 g/mol. The van der Waals surface area contributed by atoms with E-state index in [-0.39, 0.29) is 5.82 Å². The topological polar surface area (TPSA) is 29.3 Å². The molecule has 1 aromatic heterocycles. The van der Waals surface area contributed by atoms with Crippen LogP contribution in [0, 0.1) is 5.82 Å². The van der Waals surface area contributed by atoms with Crippen molar-refractivity contribution < 1.29 is 8.81 Å². The molecule has 1 aliphatic rings. The van der Waals surface area contributed by atoms with E-state index < -0.39 is 0 Å². The molecule has 110 valence electrons. The quantitative estimate of drug-likeness (QED) is 0.794. The predicted octanol–water partition coefficient (Wildman–Crippen LogP) is 4.09. The highest BCUT2D eigenvalue weighted by Crippen LogP contribution is 2.24. The minimum atomic E-state index is -0.259. The first-order valence-electron chi connectivity index (χ1n) is 6.85. The fourth-order valence-electron chi connectivity index (χ4n) is 2.24. The molecule has 0 amide bonds. The summed E-state index contributed by atoms with van der Waals surface area (Å²) in [6, 6.07) is 6.19. The van der Waals surface area contributed by atoms with E-state index in [1.165, 1.54) is 25.0 Å². The predicted molar refractivity (Wildman–Crippen MR) is 86.6 cm³/mol. The minimum absolute atomic E-state index is 0.259. The fraction of sp³-hybridized carbons (Fsp3) is 0.333. The van der Waals surface area contributed by atoms with Gasteiger partial charge in [-0.25, -0.2) is 9.37 Å². The Hall–Kier alpha value is -1.40. The maximum absolute atomic E-state index is 12.9. The zero-order valence-corrected chi connectivity index (χ0v) is 13.1. The van der Waals surface area contributed by atoms with Crippen LogP contribution >= 0.6 is 24.0 Å². The molecule has 0 unspecified atom stereocenters. The second-order valence-corrected chi connectivity index (χ2v) is 6.48. The van der Waals surface area contributed by atoms with Crippen LogP contribution in [0.15, 0.2) is 34.9 Å². The van der Waals surface area contributed by atoms with Crippen LogP contribution in [-0.4, -0.2) is 27.3 Å². The number of aromatic nitrogens is 1. The third-order valence-corrected chi connectivity index (χ3v) is 4.87. The number of hydrogen-bond donors (Lipinski definition) is 0. The Morgan fingerprint density at radius 2 is 2.00 bits per heavy atom. The summed E-state index contributed by atoms with van der Waals surface area (Å²) in [6.07, 6.45) is 4.10. The molecule has 0 N–H and O–H groups in total. The van der Waals surface area contributed by atoms with Gasteiger partial charge in [0.05, 0.1) is 11.9 Å². The van der Waals surface area contributed by atoms with Gasteiger partial charge in [-0.3, -0.25) is 0 Å². The van der Waals surface area contributed by atoms with Gasteiger partial charge in [-0.2, -0.15) is 0 Å². The van der Waals surface area contributed by atoms with Crippen molar-refractivity contribution in [3.8, 4) is 11.3 Å². The number of benzene rings is 1. The van der Waals surface area contributed by atoms with Crippen molar-refractivity contribution in [2.24, 2.45) is 0 Å². The van der Waals surface area contributed by atoms with Crippen LogP contribution in [0.5, 0.6) is 0 Å². The van der Waals surface area contributed by atoms with Gasteiger partial charge in [0.15, 0.2) is 5.76 Å². The Morgan fingerprint density at radius 1 is 1.29 bits per heavy atom. The van der Waals surface area contributed by atoms with E-state index in [2.05, 4.69) is 9.88 Å². The van der Waals surface area contributed by atoms with Crippen molar-refractivity contribution >= 4 is 28.3 Å². The van der Waals surface area contributed by atoms with Crippen LogP contribution in [-0.2, 0) is 5.75 Å². The number of likely N-dealkylation sites (tertiary alicyclic amines) is 1. The molecule has 21 heavy (non-hydrogen) atoms. The number of thiocarbonyl (C=S) groups is 1. The highest BCUT2D eigenvalue weighted by molar-refractivity contribution is 8.22. The summed E-state index contributed by atoms with van der Waals surface area (Å²) >= 11 is 6.98. The van der Waals surface area contributed by atoms with Crippen LogP contribution in [0.2, 0.25) is 0 Å². The summed E-state index contributed by atoms with van der Waals surface area (Å²) in [6.45, 7) is 2.11. The van der Waals surface area contributed by atoms with E-state index >= 15 is 0 Å². The molecule has 0 spiro atoms. The van der Waals surface area contributed by atoms with Gasteiger partial charge < -0.3 is 9.32 Å². The van der Waals surface area contributed by atoms with Gasteiger partial charge >= 0.3 is 0 Å². The summed E-state index contributed by atoms with van der Waals surface area (Å²) in [5.41, 5.74) is 0.822. The van der Waals surface area contributed by atoms with E-state index in [1.54, 1.807) is 30.1 Å². The van der Waals surface area contributed by atoms with Gasteiger partial charge in [-0.1, -0.05) is 24.0 Å². The highest BCUT2D eigenvalue weighted by Gasteiger charge is 2.16. The van der Waals surface area contributed by atoms with Crippen LogP contribution in [0.3, 0.4) is 0 Å². The van der Waals surface area contributed by atoms with Gasteiger partial charge in [-0.15, -0.1) is 0 Å². The van der Waals surface area contributed by atoms with Gasteiger partial charge in [0, 0.05) is 18.7 Å².